The molecule has 0 amide bonds. The van der Waals surface area contributed by atoms with Crippen LogP contribution in [0.25, 0.3) is 22.5 Å². The largest absolute Gasteiger partial charge is 0.493 e. The maximum Gasteiger partial charge on any atom is 0.269 e. The van der Waals surface area contributed by atoms with Crippen molar-refractivity contribution < 1.29 is 14.0 Å². The second-order valence-electron chi connectivity index (χ2n) is 5.04. The molecule has 7 heteroatoms. The molecule has 2 aromatic carbocycles. The molecule has 0 saturated heterocycles. The normalized spacial score (nSPS) is 11.4. The maximum atomic E-state index is 6.31. The zero-order valence-electron chi connectivity index (χ0n) is 13.5. The van der Waals surface area contributed by atoms with E-state index in [9.17, 15) is 0 Å². The van der Waals surface area contributed by atoms with Crippen molar-refractivity contribution in [2.45, 2.75) is 0 Å². The molecule has 0 bridgehead atoms. The Hall–Kier alpha value is -2.50. The van der Waals surface area contributed by atoms with Gasteiger partial charge in [-0.1, -0.05) is 46.6 Å². The van der Waals surface area contributed by atoms with Crippen molar-refractivity contribution in [2.24, 2.45) is 0 Å². The Labute approximate surface area is 154 Å². The average Bonchev–Trinajstić information content (AvgIpc) is 3.12. The molecule has 0 spiro atoms. The van der Waals surface area contributed by atoms with Crippen molar-refractivity contribution >= 4 is 34.3 Å². The van der Waals surface area contributed by atoms with Gasteiger partial charge in [-0.2, -0.15) is 4.98 Å². The molecule has 25 heavy (non-hydrogen) atoms. The summed E-state index contributed by atoms with van der Waals surface area (Å²) in [7, 11) is 3.15. The highest BCUT2D eigenvalue weighted by atomic mass is 35.5. The second kappa shape index (κ2) is 7.59. The van der Waals surface area contributed by atoms with Crippen molar-refractivity contribution in [1.82, 2.24) is 10.1 Å². The second-order valence-corrected chi connectivity index (χ2v) is 5.88. The van der Waals surface area contributed by atoms with Crippen LogP contribution in [0.15, 0.2) is 47.0 Å². The van der Waals surface area contributed by atoms with Crippen LogP contribution in [0.4, 0.5) is 0 Å². The Bertz CT molecular complexity index is 922. The van der Waals surface area contributed by atoms with Gasteiger partial charge in [-0.05, 0) is 35.9 Å². The van der Waals surface area contributed by atoms with E-state index in [0.717, 1.165) is 11.1 Å². The molecule has 0 saturated carbocycles. The van der Waals surface area contributed by atoms with Crippen LogP contribution in [0.1, 0.15) is 11.5 Å². The van der Waals surface area contributed by atoms with Gasteiger partial charge in [0.15, 0.2) is 11.5 Å². The van der Waals surface area contributed by atoms with Gasteiger partial charge in [-0.25, -0.2) is 0 Å². The van der Waals surface area contributed by atoms with Crippen LogP contribution < -0.4 is 9.47 Å². The Kier molecular flexibility index (Phi) is 5.26. The van der Waals surface area contributed by atoms with E-state index in [-0.39, 0.29) is 5.89 Å². The SMILES string of the molecule is COc1ccc(/C=C(\Cl)c2nc(-c3cccc(Cl)c3)no2)cc1OC. The lowest BCUT2D eigenvalue weighted by molar-refractivity contribution is 0.355. The number of nitrogens with zero attached hydrogens (tertiary/aromatic N) is 2. The van der Waals surface area contributed by atoms with Crippen LogP contribution in [-0.2, 0) is 0 Å². The average molecular weight is 377 g/mol. The van der Waals surface area contributed by atoms with E-state index in [0.29, 0.717) is 27.4 Å². The number of hydrogen-bond acceptors (Lipinski definition) is 5. The minimum atomic E-state index is 0.214. The van der Waals surface area contributed by atoms with Gasteiger partial charge in [0, 0.05) is 10.6 Å². The van der Waals surface area contributed by atoms with Crippen LogP contribution in [0.3, 0.4) is 0 Å². The van der Waals surface area contributed by atoms with Crippen LogP contribution in [0.5, 0.6) is 11.5 Å². The van der Waals surface area contributed by atoms with Crippen molar-refractivity contribution in [2.75, 3.05) is 14.2 Å². The van der Waals surface area contributed by atoms with Crippen molar-refractivity contribution in [1.29, 1.82) is 0 Å². The predicted molar refractivity (Wildman–Crippen MR) is 98.0 cm³/mol. The summed E-state index contributed by atoms with van der Waals surface area (Å²) in [6, 6.07) is 12.6. The molecule has 5 nitrogen and oxygen atoms in total. The fraction of sp³-hybridized carbons (Fsp3) is 0.111. The molecule has 0 aliphatic rings. The Morgan fingerprint density at radius 1 is 1.08 bits per heavy atom. The van der Waals surface area contributed by atoms with Gasteiger partial charge in [-0.3, -0.25) is 0 Å². The molecule has 0 N–H and O–H groups in total. The lowest BCUT2D eigenvalue weighted by Crippen LogP contribution is -1.90. The first-order valence-electron chi connectivity index (χ1n) is 7.30. The van der Waals surface area contributed by atoms with Gasteiger partial charge in [-0.15, -0.1) is 0 Å². The first-order valence-corrected chi connectivity index (χ1v) is 8.05. The van der Waals surface area contributed by atoms with Crippen molar-refractivity contribution in [3.63, 3.8) is 0 Å². The fourth-order valence-corrected chi connectivity index (χ4v) is 2.61. The summed E-state index contributed by atoms with van der Waals surface area (Å²) < 4.78 is 15.7. The van der Waals surface area contributed by atoms with Gasteiger partial charge in [0.2, 0.25) is 5.82 Å². The first-order chi connectivity index (χ1) is 12.1. The third-order valence-electron chi connectivity index (χ3n) is 3.41. The van der Waals surface area contributed by atoms with Crippen molar-refractivity contribution in [3.05, 3.63) is 58.9 Å². The van der Waals surface area contributed by atoms with Gasteiger partial charge < -0.3 is 14.0 Å². The number of aromatic nitrogens is 2. The molecule has 1 heterocycles. The minimum Gasteiger partial charge on any atom is -0.493 e. The first kappa shape index (κ1) is 17.3. The quantitative estimate of drug-likeness (QED) is 0.616. The van der Waals surface area contributed by atoms with Gasteiger partial charge in [0.25, 0.3) is 5.89 Å². The molecular formula is C18H14Cl2N2O3. The molecule has 0 aliphatic heterocycles. The summed E-state index contributed by atoms with van der Waals surface area (Å²) in [5, 5.41) is 4.84. The number of rotatable bonds is 5. The van der Waals surface area contributed by atoms with Gasteiger partial charge in [0.05, 0.1) is 14.2 Å². The molecule has 0 aliphatic carbocycles. The number of halogens is 2. The van der Waals surface area contributed by atoms with Crippen LogP contribution in [0.2, 0.25) is 5.02 Å². The molecule has 128 valence electrons. The van der Waals surface area contributed by atoms with E-state index < -0.39 is 0 Å². The summed E-state index contributed by atoms with van der Waals surface area (Å²) in [6.07, 6.45) is 1.71. The van der Waals surface area contributed by atoms with Crippen LogP contribution in [0, 0.1) is 0 Å². The Morgan fingerprint density at radius 2 is 1.88 bits per heavy atom. The summed E-state index contributed by atoms with van der Waals surface area (Å²) in [4.78, 5) is 4.30. The molecular weight excluding hydrogens is 363 g/mol. The molecule has 3 rings (SSSR count). The minimum absolute atomic E-state index is 0.214. The predicted octanol–water partition coefficient (Wildman–Crippen LogP) is 5.14. The molecule has 0 atom stereocenters. The monoisotopic (exact) mass is 376 g/mol. The van der Waals surface area contributed by atoms with E-state index in [4.69, 9.17) is 37.2 Å². The smallest absolute Gasteiger partial charge is 0.269 e. The van der Waals surface area contributed by atoms with Gasteiger partial charge in [0.1, 0.15) is 5.03 Å². The zero-order valence-corrected chi connectivity index (χ0v) is 15.0. The lowest BCUT2D eigenvalue weighted by Gasteiger charge is -2.07. The van der Waals surface area contributed by atoms with Gasteiger partial charge >= 0.3 is 0 Å². The third kappa shape index (κ3) is 3.95. The number of ether oxygens (including phenoxy) is 2. The molecule has 1 aromatic heterocycles. The summed E-state index contributed by atoms with van der Waals surface area (Å²) in [6.45, 7) is 0. The summed E-state index contributed by atoms with van der Waals surface area (Å²) >= 11 is 12.3. The maximum absolute atomic E-state index is 6.31. The molecule has 0 radical (unpaired) electrons. The lowest BCUT2D eigenvalue weighted by atomic mass is 10.2. The Balaban J connectivity index is 1.88. The van der Waals surface area contributed by atoms with Crippen LogP contribution in [-0.4, -0.2) is 24.4 Å². The molecule has 0 unspecified atom stereocenters. The highest BCUT2D eigenvalue weighted by Gasteiger charge is 2.12. The molecule has 3 aromatic rings. The highest BCUT2D eigenvalue weighted by Crippen LogP contribution is 2.30. The third-order valence-corrected chi connectivity index (χ3v) is 3.92. The number of benzene rings is 2. The fourth-order valence-electron chi connectivity index (χ4n) is 2.22. The number of hydrogen-bond donors (Lipinski definition) is 0. The summed E-state index contributed by atoms with van der Waals surface area (Å²) in [5.41, 5.74) is 1.56. The topological polar surface area (TPSA) is 57.4 Å². The van der Waals surface area contributed by atoms with Crippen LogP contribution >= 0.6 is 23.2 Å². The van der Waals surface area contributed by atoms with E-state index in [1.165, 1.54) is 0 Å². The zero-order chi connectivity index (χ0) is 17.8. The molecule has 0 fully saturated rings. The highest BCUT2D eigenvalue weighted by molar-refractivity contribution is 6.50. The standard InChI is InChI=1S/C18H14Cl2N2O3/c1-23-15-7-6-11(9-16(15)24-2)8-14(20)18-21-17(22-25-18)12-4-3-5-13(19)10-12/h3-10H,1-2H3/b14-8-. The van der Waals surface area contributed by atoms with E-state index in [1.54, 1.807) is 44.6 Å². The van der Waals surface area contributed by atoms with E-state index in [2.05, 4.69) is 10.1 Å². The Morgan fingerprint density at radius 3 is 2.60 bits per heavy atom. The van der Waals surface area contributed by atoms with E-state index in [1.807, 2.05) is 18.2 Å². The van der Waals surface area contributed by atoms with Crippen molar-refractivity contribution in [3.8, 4) is 22.9 Å². The number of methoxy groups -OCH3 is 2. The van der Waals surface area contributed by atoms with E-state index >= 15 is 0 Å². The summed E-state index contributed by atoms with van der Waals surface area (Å²) in [5.74, 6) is 1.87.